The largest absolute Gasteiger partial charge is 0.693 e. The number of nitrogens with zero attached hydrogens (tertiary/aromatic N) is 1. The van der Waals surface area contributed by atoms with E-state index < -0.39 is 125 Å². The monoisotopic (exact) mass is 1340 g/mol. The normalized spacial score (nSPS) is 9.97. The minimum Gasteiger partial charge on any atom is -0.693 e. The van der Waals surface area contributed by atoms with Crippen molar-refractivity contribution in [2.24, 2.45) is 0 Å². The van der Waals surface area contributed by atoms with Crippen LogP contribution in [0.25, 0.3) is 24.6 Å². The van der Waals surface area contributed by atoms with E-state index in [1.807, 2.05) is 0 Å². The van der Waals surface area contributed by atoms with Gasteiger partial charge in [-0.2, -0.15) is 0 Å². The van der Waals surface area contributed by atoms with Gasteiger partial charge in [0.2, 0.25) is 11.8 Å². The smallest absolute Gasteiger partial charge is 0.693 e. The molecule has 0 fully saturated rings. The number of nitrogens with two attached hydrogens (primary N) is 4. The first-order valence-corrected chi connectivity index (χ1v) is 28.6. The second-order valence-corrected chi connectivity index (χ2v) is 17.9. The fourth-order valence-electron chi connectivity index (χ4n) is 3.90. The predicted octanol–water partition coefficient (Wildman–Crippen LogP) is 8.60. The van der Waals surface area contributed by atoms with Crippen molar-refractivity contribution in [3.63, 3.8) is 0 Å². The van der Waals surface area contributed by atoms with Crippen LogP contribution in [0.3, 0.4) is 0 Å². The summed E-state index contributed by atoms with van der Waals surface area (Å²) in [5, 5.41) is 47.8. The van der Waals surface area contributed by atoms with E-state index in [2.05, 4.69) is 36.1 Å². The molecule has 0 aromatic carbocycles. The molecule has 0 aromatic rings. The molecular weight excluding hydrogens is 1280 g/mol. The number of hydrogen-bond acceptors (Lipinski definition) is 11. The first kappa shape index (κ1) is 79.5. The maximum atomic E-state index is 12.2. The Balaban J connectivity index is -0.000000127. The van der Waals surface area contributed by atoms with Crippen LogP contribution in [0.15, 0.2) is 0 Å². The summed E-state index contributed by atoms with van der Waals surface area (Å²) in [6, 6.07) is -2.48. The SMILES string of the molecule is CCCCCC(=O)O.O=CO[C@H](CCC(=O)O)NC(=O)N[C@@H](CCCCN(C(=O)CCC(=O)O)C(=O)CCC(=O)O)C(=O)O.[CH2-]C(=O)CCCCC.[Cl][Pt+2][Cl].[Cl][Pt][Cl].[NH2-].[NH2-].[NH2-].[NH2-]. The Bertz CT molecular complexity index is 1170. The summed E-state index contributed by atoms with van der Waals surface area (Å²) in [4.78, 5) is 111. The van der Waals surface area contributed by atoms with Crippen LogP contribution in [0.1, 0.15) is 123 Å². The summed E-state index contributed by atoms with van der Waals surface area (Å²) in [6.07, 6.45) is 3.22. The number of rotatable bonds is 27. The molecule has 0 heterocycles. The Morgan fingerprint density at radius 1 is 0.645 bits per heavy atom. The van der Waals surface area contributed by atoms with Crippen LogP contribution >= 0.6 is 37.7 Å². The minimum atomic E-state index is -1.43. The van der Waals surface area contributed by atoms with E-state index >= 15 is 0 Å². The number of urea groups is 1. The topological polar surface area (TPSA) is 442 Å². The molecule has 0 radical (unpaired) electrons. The third-order valence-corrected chi connectivity index (χ3v) is 6.62. The molecule has 0 saturated heterocycles. The summed E-state index contributed by atoms with van der Waals surface area (Å²) in [5.74, 6) is -7.41. The number of carboxylic acids is 5. The van der Waals surface area contributed by atoms with Crippen molar-refractivity contribution >= 4 is 97.6 Å². The van der Waals surface area contributed by atoms with E-state index in [-0.39, 0.29) is 69.1 Å². The fraction of sp³-hybridized carbons (Fsp3) is 0.667. The fourth-order valence-corrected chi connectivity index (χ4v) is 3.90. The second kappa shape index (κ2) is 58.1. The van der Waals surface area contributed by atoms with Gasteiger partial charge in [-0.05, 0) is 44.3 Å². The van der Waals surface area contributed by atoms with Crippen LogP contribution in [0.5, 0.6) is 0 Å². The van der Waals surface area contributed by atoms with Crippen molar-refractivity contribution in [2.75, 3.05) is 6.54 Å². The zero-order valence-electron chi connectivity index (χ0n) is 34.3. The number of aliphatic carboxylic acids is 5. The van der Waals surface area contributed by atoms with Gasteiger partial charge in [0.15, 0.2) is 6.23 Å². The summed E-state index contributed by atoms with van der Waals surface area (Å²) < 4.78 is 4.54. The maximum Gasteiger partial charge on any atom is -0.693 e. The number of Topliss-reactive ketones (excluding diaryl/α,β-unsaturated/α-hetero) is 1. The Hall–Kier alpha value is -2.85. The number of ether oxygens (including phenoxy) is 1. The number of carbonyl (C=O) groups is 10. The van der Waals surface area contributed by atoms with Crippen molar-refractivity contribution in [2.45, 2.75) is 135 Å². The van der Waals surface area contributed by atoms with Gasteiger partial charge in [0.25, 0.3) is 6.47 Å². The number of carboxylic acid groups (broad SMARTS) is 5. The third kappa shape index (κ3) is 66.2. The first-order chi connectivity index (χ1) is 27.2. The number of halogens is 4. The van der Waals surface area contributed by atoms with E-state index in [9.17, 15) is 53.1 Å². The zero-order valence-corrected chi connectivity index (χ0v) is 41.9. The predicted molar refractivity (Wildman–Crippen MR) is 226 cm³/mol. The zero-order chi connectivity index (χ0) is 45.9. The van der Waals surface area contributed by atoms with E-state index in [1.165, 1.54) is 6.42 Å². The molecule has 15 N–H and O–H groups in total. The summed E-state index contributed by atoms with van der Waals surface area (Å²) >= 11 is -0.944. The molecule has 0 aliphatic carbocycles. The average molecular weight is 1340 g/mol. The van der Waals surface area contributed by atoms with Crippen molar-refractivity contribution in [3.8, 4) is 0 Å². The van der Waals surface area contributed by atoms with Crippen molar-refractivity contribution < 1.29 is 111 Å². The molecule has 2 atom stereocenters. The van der Waals surface area contributed by atoms with Gasteiger partial charge < -0.3 is 77.2 Å². The molecule has 4 amide bonds. The second-order valence-electron chi connectivity index (χ2n) is 11.3. The molecule has 0 aliphatic heterocycles. The molecule has 0 aromatic heterocycles. The molecule has 0 bridgehead atoms. The Kier molecular flexibility index (Phi) is 74.6. The van der Waals surface area contributed by atoms with Crippen LogP contribution < -0.4 is 10.6 Å². The van der Waals surface area contributed by atoms with Crippen LogP contribution in [-0.2, 0) is 80.8 Å². The molecule has 23 nitrogen and oxygen atoms in total. The van der Waals surface area contributed by atoms with Gasteiger partial charge in [0, 0.05) is 32.2 Å². The molecule has 0 saturated carbocycles. The van der Waals surface area contributed by atoms with Crippen molar-refractivity contribution in [3.05, 3.63) is 31.5 Å². The number of amides is 4. The van der Waals surface area contributed by atoms with Crippen LogP contribution in [0.4, 0.5) is 4.79 Å². The minimum absolute atomic E-state index is 0. The van der Waals surface area contributed by atoms with Gasteiger partial charge in [0.1, 0.15) is 6.04 Å². The van der Waals surface area contributed by atoms with Crippen molar-refractivity contribution in [1.82, 2.24) is 15.5 Å². The summed E-state index contributed by atoms with van der Waals surface area (Å²) in [6.45, 7) is 7.21. The van der Waals surface area contributed by atoms with Crippen LogP contribution in [0.2, 0.25) is 0 Å². The number of carbonyl (C=O) groups excluding carboxylic acids is 5. The Labute approximate surface area is 395 Å². The van der Waals surface area contributed by atoms with E-state index in [1.54, 1.807) is 0 Å². The Morgan fingerprint density at radius 2 is 1.05 bits per heavy atom. The van der Waals surface area contributed by atoms with Gasteiger partial charge in [-0.15, -0.1) is 0 Å². The van der Waals surface area contributed by atoms with Crippen LogP contribution in [-0.4, -0.2) is 109 Å². The molecule has 0 spiro atoms. The van der Waals surface area contributed by atoms with E-state index in [4.69, 9.17) is 58.1 Å². The quantitative estimate of drug-likeness (QED) is 0.0175. The molecule has 376 valence electrons. The standard InChI is InChI=1S/C20H29N3O13.C7H13O.C6H12O2.4ClH.4H2N.2Pt/c24-11-36-13(4-7-16(27)28)22-20(35)21-12(19(33)34)3-1-2-10-23(14(25)5-8-17(29)30)15(26)6-9-18(31)32;1-3-4-5-6-7(2)8;1-2-3-4-5-6(7)8;;;;;;;;;;/h11-13H,1-10H2,(H,27,28)(H,29,30)(H,31,32)(H,33,34)(H2,21,22,35);2-6H2,1H3;2-5H2,1H3,(H,7,8);4*1H;4*1H2;;/q;-1;;;;;;4*-1;+2;+4/p-4/t12-,13+;;;;;;;;;;;;/m0............/s1. The van der Waals surface area contributed by atoms with E-state index in [0.29, 0.717) is 12.8 Å². The van der Waals surface area contributed by atoms with Gasteiger partial charge >= 0.3 is 107 Å². The number of ketones is 1. The average Bonchev–Trinajstić information content (AvgIpc) is 3.12. The van der Waals surface area contributed by atoms with Gasteiger partial charge in [-0.3, -0.25) is 38.5 Å². The molecule has 29 heteroatoms. The Morgan fingerprint density at radius 3 is 1.39 bits per heavy atom. The van der Waals surface area contributed by atoms with E-state index in [0.717, 1.165) is 37.0 Å². The first-order valence-electron chi connectivity index (χ1n) is 17.3. The summed E-state index contributed by atoms with van der Waals surface area (Å²) in [5.41, 5.74) is 0. The number of imide groups is 1. The maximum absolute atomic E-state index is 12.2. The molecule has 0 aliphatic rings. The van der Waals surface area contributed by atoms with Gasteiger partial charge in [-0.25, -0.2) is 9.59 Å². The molecular formula is C33H62Cl4N7O16Pt2-3. The number of hydrogen-bond donors (Lipinski definition) is 7. The number of nitrogens with one attached hydrogen (secondary N) is 2. The summed E-state index contributed by atoms with van der Waals surface area (Å²) in [7, 11) is 19.5. The van der Waals surface area contributed by atoms with Gasteiger partial charge in [-0.1, -0.05) is 39.5 Å². The molecule has 0 rings (SSSR count). The van der Waals surface area contributed by atoms with Gasteiger partial charge in [0.05, 0.1) is 19.3 Å². The number of unbranched alkanes of at least 4 members (excludes halogenated alkanes) is 5. The molecule has 0 unspecified atom stereocenters. The molecule has 62 heavy (non-hydrogen) atoms. The van der Waals surface area contributed by atoms with Crippen LogP contribution in [0, 0.1) is 6.92 Å². The third-order valence-electron chi connectivity index (χ3n) is 6.62. The van der Waals surface area contributed by atoms with Crippen molar-refractivity contribution in [1.29, 1.82) is 0 Å².